The van der Waals surface area contributed by atoms with Crippen LogP contribution in [0.3, 0.4) is 0 Å². The zero-order valence-electron chi connectivity index (χ0n) is 16.1. The van der Waals surface area contributed by atoms with Crippen LogP contribution in [0.25, 0.3) is 0 Å². The van der Waals surface area contributed by atoms with Crippen LogP contribution < -0.4 is 5.32 Å². The van der Waals surface area contributed by atoms with E-state index >= 15 is 0 Å². The van der Waals surface area contributed by atoms with E-state index in [0.717, 1.165) is 15.3 Å². The number of carbonyl (C=O) groups excluding carboxylic acids is 5. The minimum atomic E-state index is -0.581. The van der Waals surface area contributed by atoms with Crippen LogP contribution in [0.15, 0.2) is 0 Å². The van der Waals surface area contributed by atoms with Gasteiger partial charge in [-0.15, -0.1) is 11.3 Å². The van der Waals surface area contributed by atoms with Crippen molar-refractivity contribution in [3.63, 3.8) is 0 Å². The van der Waals surface area contributed by atoms with Gasteiger partial charge in [0.2, 0.25) is 17.7 Å². The van der Waals surface area contributed by atoms with Gasteiger partial charge in [-0.1, -0.05) is 0 Å². The van der Waals surface area contributed by atoms with Crippen LogP contribution >= 0.6 is 11.3 Å². The molecule has 0 unspecified atom stereocenters. The zero-order chi connectivity index (χ0) is 21.1. The third-order valence-corrected chi connectivity index (χ3v) is 5.81. The number of rotatable bonds is 5. The summed E-state index contributed by atoms with van der Waals surface area (Å²) in [4.78, 5) is 63.4. The number of nitrogens with zero attached hydrogens (tertiary/aromatic N) is 2. The van der Waals surface area contributed by atoms with Crippen LogP contribution in [0.1, 0.15) is 40.6 Å². The second kappa shape index (κ2) is 8.60. The number of likely N-dealkylation sites (tertiary alicyclic amines) is 1. The van der Waals surface area contributed by atoms with E-state index in [9.17, 15) is 24.0 Å². The van der Waals surface area contributed by atoms with Crippen LogP contribution in [0, 0.1) is 0 Å². The molecular weight excluding hydrogens is 402 g/mol. The Morgan fingerprint density at radius 2 is 1.83 bits per heavy atom. The molecule has 2 aliphatic rings. The summed E-state index contributed by atoms with van der Waals surface area (Å²) in [6.45, 7) is 2.06. The number of carbonyl (C=O) groups is 5. The maximum Gasteiger partial charge on any atom is 0.409 e. The van der Waals surface area contributed by atoms with Crippen LogP contribution in [0.2, 0.25) is 0 Å². The first-order valence-electron chi connectivity index (χ1n) is 9.13. The molecule has 0 atom stereocenters. The summed E-state index contributed by atoms with van der Waals surface area (Å²) in [6.07, 6.45) is 0.125. The molecule has 1 aromatic heterocycles. The summed E-state index contributed by atoms with van der Waals surface area (Å²) in [5.41, 5.74) is 0.973. The molecule has 1 N–H and O–H groups in total. The Morgan fingerprint density at radius 1 is 1.14 bits per heavy atom. The van der Waals surface area contributed by atoms with Crippen molar-refractivity contribution in [3.8, 4) is 0 Å². The molecule has 1 aromatic rings. The van der Waals surface area contributed by atoms with E-state index in [1.54, 1.807) is 6.92 Å². The van der Waals surface area contributed by atoms with Crippen LogP contribution in [0.5, 0.6) is 0 Å². The van der Waals surface area contributed by atoms with Crippen molar-refractivity contribution in [1.82, 2.24) is 9.80 Å². The maximum absolute atomic E-state index is 12.5. The molecule has 0 aromatic carbocycles. The average molecular weight is 423 g/mol. The minimum Gasteiger partial charge on any atom is -0.462 e. The molecule has 3 heterocycles. The molecule has 3 rings (SSSR count). The molecule has 4 amide bonds. The smallest absolute Gasteiger partial charge is 0.409 e. The normalized spacial score (nSPS) is 15.9. The van der Waals surface area contributed by atoms with Crippen molar-refractivity contribution in [1.29, 1.82) is 0 Å². The number of methoxy groups -OCH3 is 1. The average Bonchev–Trinajstić information content (AvgIpc) is 3.20. The van der Waals surface area contributed by atoms with Gasteiger partial charge in [0.15, 0.2) is 0 Å². The van der Waals surface area contributed by atoms with Crippen LogP contribution in [0.4, 0.5) is 9.80 Å². The Bertz CT molecular complexity index is 863. The minimum absolute atomic E-state index is 0.0941. The van der Waals surface area contributed by atoms with Crippen molar-refractivity contribution in [2.75, 3.05) is 32.1 Å². The number of nitrogens with one attached hydrogen (secondary N) is 1. The van der Waals surface area contributed by atoms with Gasteiger partial charge in [0.05, 0.1) is 25.8 Å². The second-order valence-corrected chi connectivity index (χ2v) is 7.60. The molecule has 1 fully saturated rings. The first kappa shape index (κ1) is 20.8. The van der Waals surface area contributed by atoms with Gasteiger partial charge in [0.25, 0.3) is 0 Å². The highest BCUT2D eigenvalue weighted by Crippen LogP contribution is 2.38. The van der Waals surface area contributed by atoms with Crippen molar-refractivity contribution >= 4 is 46.1 Å². The van der Waals surface area contributed by atoms with Gasteiger partial charge in [-0.25, -0.2) is 9.59 Å². The molecule has 156 valence electrons. The number of thiophene rings is 1. The number of amides is 4. The molecular formula is C18H21N3O7S. The number of esters is 1. The number of imide groups is 1. The Morgan fingerprint density at radius 3 is 2.45 bits per heavy atom. The van der Waals surface area contributed by atoms with Crippen LogP contribution in [-0.4, -0.2) is 66.4 Å². The van der Waals surface area contributed by atoms with Crippen molar-refractivity contribution < 1.29 is 33.4 Å². The summed E-state index contributed by atoms with van der Waals surface area (Å²) in [5, 5.41) is 2.91. The van der Waals surface area contributed by atoms with Crippen LogP contribution in [-0.2, 0) is 36.8 Å². The Hall–Kier alpha value is -2.95. The maximum atomic E-state index is 12.5. The van der Waals surface area contributed by atoms with Crippen molar-refractivity contribution in [2.24, 2.45) is 0 Å². The fraction of sp³-hybridized carbons (Fsp3) is 0.500. The lowest BCUT2D eigenvalue weighted by Gasteiger charge is -2.25. The topological polar surface area (TPSA) is 122 Å². The lowest BCUT2D eigenvalue weighted by atomic mass is 10.0. The molecule has 11 heteroatoms. The highest BCUT2D eigenvalue weighted by atomic mass is 32.1. The summed E-state index contributed by atoms with van der Waals surface area (Å²) < 4.78 is 9.88. The molecule has 2 aliphatic heterocycles. The van der Waals surface area contributed by atoms with Crippen molar-refractivity contribution in [2.45, 2.75) is 32.7 Å². The van der Waals surface area contributed by atoms with Gasteiger partial charge in [-0.05, 0) is 18.9 Å². The van der Waals surface area contributed by atoms with Crippen molar-refractivity contribution in [3.05, 3.63) is 16.0 Å². The third-order valence-electron chi connectivity index (χ3n) is 4.68. The molecule has 1 saturated heterocycles. The number of anilines is 1. The first-order valence-corrected chi connectivity index (χ1v) is 9.94. The first-order chi connectivity index (χ1) is 13.8. The Labute approximate surface area is 170 Å². The number of ether oxygens (including phenoxy) is 2. The van der Waals surface area contributed by atoms with E-state index in [1.807, 2.05) is 0 Å². The fourth-order valence-corrected chi connectivity index (χ4v) is 4.57. The monoisotopic (exact) mass is 423 g/mol. The lowest BCUT2D eigenvalue weighted by Crippen LogP contribution is -2.37. The quantitative estimate of drug-likeness (QED) is 0.556. The molecule has 0 aliphatic carbocycles. The predicted molar refractivity (Wildman–Crippen MR) is 101 cm³/mol. The zero-order valence-corrected chi connectivity index (χ0v) is 16.9. The summed E-state index contributed by atoms with van der Waals surface area (Å²) in [6, 6.07) is 0. The second-order valence-electron chi connectivity index (χ2n) is 6.49. The fourth-order valence-electron chi connectivity index (χ4n) is 3.30. The van der Waals surface area contributed by atoms with E-state index in [2.05, 4.69) is 5.32 Å². The Balaban J connectivity index is 1.83. The molecule has 10 nitrogen and oxygen atoms in total. The van der Waals surface area contributed by atoms with Gasteiger partial charge >= 0.3 is 12.1 Å². The Kier molecular flexibility index (Phi) is 6.16. The molecule has 0 saturated carbocycles. The third kappa shape index (κ3) is 4.24. The molecule has 0 spiro atoms. The van der Waals surface area contributed by atoms with E-state index in [-0.39, 0.29) is 36.6 Å². The van der Waals surface area contributed by atoms with E-state index < -0.39 is 36.3 Å². The van der Waals surface area contributed by atoms with Gasteiger partial charge in [0, 0.05) is 24.3 Å². The molecule has 0 bridgehead atoms. The summed E-state index contributed by atoms with van der Waals surface area (Å²) >= 11 is 1.17. The highest BCUT2D eigenvalue weighted by molar-refractivity contribution is 7.17. The number of hydrogen-bond donors (Lipinski definition) is 1. The number of hydrogen-bond acceptors (Lipinski definition) is 8. The number of fused-ring (bicyclic) bond motifs is 1. The standard InChI is InChI=1S/C18H21N3O7S/c1-3-28-17(25)15-10-6-7-20(18(26)27-2)8-11(10)29-16(15)19-12(22)9-21-13(23)4-5-14(21)24/h3-9H2,1-2H3,(H,19,22). The lowest BCUT2D eigenvalue weighted by molar-refractivity contribution is -0.141. The van der Waals surface area contributed by atoms with E-state index in [0.29, 0.717) is 13.0 Å². The van der Waals surface area contributed by atoms with Gasteiger partial charge in [-0.2, -0.15) is 0 Å². The summed E-state index contributed by atoms with van der Waals surface area (Å²) in [5.74, 6) is -1.94. The van der Waals surface area contributed by atoms with Gasteiger partial charge < -0.3 is 19.7 Å². The largest absolute Gasteiger partial charge is 0.462 e. The van der Waals surface area contributed by atoms with Gasteiger partial charge in [0.1, 0.15) is 11.5 Å². The van der Waals surface area contributed by atoms with E-state index in [4.69, 9.17) is 9.47 Å². The predicted octanol–water partition coefficient (Wildman–Crippen LogP) is 1.14. The van der Waals surface area contributed by atoms with Gasteiger partial charge in [-0.3, -0.25) is 19.3 Å². The highest BCUT2D eigenvalue weighted by Gasteiger charge is 2.33. The van der Waals surface area contributed by atoms with E-state index in [1.165, 1.54) is 23.3 Å². The SMILES string of the molecule is CCOC(=O)c1c(NC(=O)CN2C(=O)CCC2=O)sc2c1CCN(C(=O)OC)C2. The molecule has 0 radical (unpaired) electrons. The summed E-state index contributed by atoms with van der Waals surface area (Å²) in [7, 11) is 1.29. The molecule has 29 heavy (non-hydrogen) atoms.